The Labute approximate surface area is 98.1 Å². The summed E-state index contributed by atoms with van der Waals surface area (Å²) in [5.41, 5.74) is 0. The molecule has 0 radical (unpaired) electrons. The van der Waals surface area contributed by atoms with Gasteiger partial charge >= 0.3 is 0 Å². The summed E-state index contributed by atoms with van der Waals surface area (Å²) in [4.78, 5) is 2.49. The van der Waals surface area contributed by atoms with E-state index in [4.69, 9.17) is 4.74 Å². The summed E-state index contributed by atoms with van der Waals surface area (Å²) in [7, 11) is 0. The molecule has 94 valence electrons. The van der Waals surface area contributed by atoms with E-state index >= 15 is 0 Å². The summed E-state index contributed by atoms with van der Waals surface area (Å²) >= 11 is 0. The highest BCUT2D eigenvalue weighted by Crippen LogP contribution is 2.25. The summed E-state index contributed by atoms with van der Waals surface area (Å²) in [6.07, 6.45) is 2.78. The van der Waals surface area contributed by atoms with Crippen LogP contribution in [0.3, 0.4) is 0 Å². The van der Waals surface area contributed by atoms with Crippen molar-refractivity contribution in [3.63, 3.8) is 0 Å². The number of ether oxygens (including phenoxy) is 1. The van der Waals surface area contributed by atoms with Gasteiger partial charge in [0.15, 0.2) is 0 Å². The molecule has 0 amide bonds. The summed E-state index contributed by atoms with van der Waals surface area (Å²) in [5.74, 6) is 1.24. The van der Waals surface area contributed by atoms with Crippen molar-refractivity contribution in [2.45, 2.75) is 45.4 Å². The lowest BCUT2D eigenvalue weighted by molar-refractivity contribution is -0.0746. The molecule has 0 aromatic carbocycles. The van der Waals surface area contributed by atoms with Gasteiger partial charge in [-0.15, -0.1) is 0 Å². The van der Waals surface area contributed by atoms with Crippen LogP contribution in [0.25, 0.3) is 0 Å². The second-order valence-electron chi connectivity index (χ2n) is 5.67. The number of nitrogens with zero attached hydrogens (tertiary/aromatic N) is 1. The Bertz CT molecular complexity index is 216. The van der Waals surface area contributed by atoms with Gasteiger partial charge in [-0.2, -0.15) is 0 Å². The standard InChI is InChI=1S/C13H24FNO/c1-10-3-5-15(6-4-10)8-13-11(2)7-12(14)9-16-13/h10-13H,3-9H2,1-2H3/t11-,12+,13+/m1/s1. The molecule has 0 N–H and O–H groups in total. The first-order valence-electron chi connectivity index (χ1n) is 6.63. The summed E-state index contributed by atoms with van der Waals surface area (Å²) in [6, 6.07) is 0. The maximum absolute atomic E-state index is 13.1. The minimum atomic E-state index is -0.743. The van der Waals surface area contributed by atoms with E-state index in [-0.39, 0.29) is 6.10 Å². The van der Waals surface area contributed by atoms with Crippen molar-refractivity contribution in [1.82, 2.24) is 4.90 Å². The number of alkyl halides is 1. The van der Waals surface area contributed by atoms with Crippen LogP contribution in [-0.2, 0) is 4.74 Å². The molecule has 0 unspecified atom stereocenters. The van der Waals surface area contributed by atoms with Crippen LogP contribution in [0.2, 0.25) is 0 Å². The molecule has 2 heterocycles. The summed E-state index contributed by atoms with van der Waals surface area (Å²) in [5, 5.41) is 0. The van der Waals surface area contributed by atoms with Crippen molar-refractivity contribution in [1.29, 1.82) is 0 Å². The van der Waals surface area contributed by atoms with Crippen LogP contribution >= 0.6 is 0 Å². The third-order valence-corrected chi connectivity index (χ3v) is 4.07. The maximum atomic E-state index is 13.1. The Morgan fingerprint density at radius 2 is 1.94 bits per heavy atom. The lowest BCUT2D eigenvalue weighted by Crippen LogP contribution is -2.45. The van der Waals surface area contributed by atoms with Gasteiger partial charge in [-0.3, -0.25) is 0 Å². The molecule has 0 spiro atoms. The third kappa shape index (κ3) is 3.17. The Morgan fingerprint density at radius 3 is 2.56 bits per heavy atom. The van der Waals surface area contributed by atoms with Crippen molar-refractivity contribution >= 4 is 0 Å². The molecule has 2 rings (SSSR count). The molecule has 0 saturated carbocycles. The van der Waals surface area contributed by atoms with Crippen molar-refractivity contribution in [3.8, 4) is 0 Å². The molecule has 0 aliphatic carbocycles. The fourth-order valence-corrected chi connectivity index (χ4v) is 2.75. The highest BCUT2D eigenvalue weighted by molar-refractivity contribution is 4.80. The lowest BCUT2D eigenvalue weighted by atomic mass is 9.93. The number of rotatable bonds is 2. The molecular weight excluding hydrogens is 205 g/mol. The molecule has 3 heteroatoms. The zero-order valence-electron chi connectivity index (χ0n) is 10.5. The predicted octanol–water partition coefficient (Wildman–Crippen LogP) is 2.48. The SMILES string of the molecule is CC1CCN(C[C@@H]2OC[C@@H](F)C[C@H]2C)CC1. The van der Waals surface area contributed by atoms with E-state index in [1.165, 1.54) is 25.9 Å². The molecule has 0 bridgehead atoms. The molecule has 0 aromatic rings. The van der Waals surface area contributed by atoms with Crippen LogP contribution in [0.4, 0.5) is 4.39 Å². The molecule has 2 saturated heterocycles. The van der Waals surface area contributed by atoms with E-state index in [2.05, 4.69) is 18.7 Å². The molecule has 16 heavy (non-hydrogen) atoms. The largest absolute Gasteiger partial charge is 0.374 e. The fourth-order valence-electron chi connectivity index (χ4n) is 2.75. The predicted molar refractivity (Wildman–Crippen MR) is 63.3 cm³/mol. The normalized spacial score (nSPS) is 38.8. The zero-order valence-corrected chi connectivity index (χ0v) is 10.5. The van der Waals surface area contributed by atoms with Gasteiger partial charge < -0.3 is 9.64 Å². The molecule has 2 aliphatic rings. The highest BCUT2D eigenvalue weighted by atomic mass is 19.1. The van der Waals surface area contributed by atoms with Crippen LogP contribution in [0.5, 0.6) is 0 Å². The van der Waals surface area contributed by atoms with E-state index in [0.717, 1.165) is 12.5 Å². The number of hydrogen-bond donors (Lipinski definition) is 0. The number of piperidine rings is 1. The van der Waals surface area contributed by atoms with E-state index in [9.17, 15) is 4.39 Å². The average molecular weight is 229 g/mol. The van der Waals surface area contributed by atoms with Crippen molar-refractivity contribution in [2.75, 3.05) is 26.2 Å². The third-order valence-electron chi connectivity index (χ3n) is 4.07. The first-order chi connectivity index (χ1) is 7.65. The summed E-state index contributed by atoms with van der Waals surface area (Å²) in [6.45, 7) is 8.12. The van der Waals surface area contributed by atoms with E-state index in [1.54, 1.807) is 0 Å². The van der Waals surface area contributed by atoms with E-state index < -0.39 is 6.17 Å². The Morgan fingerprint density at radius 1 is 1.25 bits per heavy atom. The first-order valence-corrected chi connectivity index (χ1v) is 6.63. The van der Waals surface area contributed by atoms with Crippen LogP contribution in [-0.4, -0.2) is 43.4 Å². The number of likely N-dealkylation sites (tertiary alicyclic amines) is 1. The van der Waals surface area contributed by atoms with Gasteiger partial charge in [-0.05, 0) is 44.2 Å². The second kappa shape index (κ2) is 5.46. The first kappa shape index (κ1) is 12.3. The van der Waals surface area contributed by atoms with Gasteiger partial charge in [0, 0.05) is 6.54 Å². The van der Waals surface area contributed by atoms with Crippen LogP contribution in [0.15, 0.2) is 0 Å². The average Bonchev–Trinajstić information content (AvgIpc) is 2.25. The molecular formula is C13H24FNO. The highest BCUT2D eigenvalue weighted by Gasteiger charge is 2.30. The Balaban J connectivity index is 1.76. The fraction of sp³-hybridized carbons (Fsp3) is 1.00. The molecule has 2 fully saturated rings. The smallest absolute Gasteiger partial charge is 0.124 e. The van der Waals surface area contributed by atoms with E-state index in [1.807, 2.05) is 0 Å². The van der Waals surface area contributed by atoms with Crippen molar-refractivity contribution in [2.24, 2.45) is 11.8 Å². The quantitative estimate of drug-likeness (QED) is 0.721. The monoisotopic (exact) mass is 229 g/mol. The van der Waals surface area contributed by atoms with Gasteiger partial charge in [-0.1, -0.05) is 13.8 Å². The second-order valence-corrected chi connectivity index (χ2v) is 5.67. The van der Waals surface area contributed by atoms with Crippen molar-refractivity contribution in [3.05, 3.63) is 0 Å². The topological polar surface area (TPSA) is 12.5 Å². The Kier molecular flexibility index (Phi) is 4.20. The molecule has 2 aliphatic heterocycles. The van der Waals surface area contributed by atoms with Crippen molar-refractivity contribution < 1.29 is 9.13 Å². The van der Waals surface area contributed by atoms with Gasteiger partial charge in [0.2, 0.25) is 0 Å². The minimum Gasteiger partial charge on any atom is -0.374 e. The minimum absolute atomic E-state index is 0.250. The van der Waals surface area contributed by atoms with Crippen LogP contribution in [0.1, 0.15) is 33.1 Å². The maximum Gasteiger partial charge on any atom is 0.124 e. The van der Waals surface area contributed by atoms with Crippen LogP contribution in [0, 0.1) is 11.8 Å². The van der Waals surface area contributed by atoms with Gasteiger partial charge in [0.1, 0.15) is 6.17 Å². The number of halogens is 1. The van der Waals surface area contributed by atoms with Gasteiger partial charge in [-0.25, -0.2) is 4.39 Å². The number of hydrogen-bond acceptors (Lipinski definition) is 2. The van der Waals surface area contributed by atoms with E-state index in [0.29, 0.717) is 18.9 Å². The zero-order chi connectivity index (χ0) is 11.5. The van der Waals surface area contributed by atoms with Gasteiger partial charge in [0.05, 0.1) is 12.7 Å². The van der Waals surface area contributed by atoms with Gasteiger partial charge in [0.25, 0.3) is 0 Å². The van der Waals surface area contributed by atoms with Crippen LogP contribution < -0.4 is 0 Å². The summed E-state index contributed by atoms with van der Waals surface area (Å²) < 4.78 is 18.7. The molecule has 0 aromatic heterocycles. The Hall–Kier alpha value is -0.150. The molecule has 2 nitrogen and oxygen atoms in total. The molecule has 3 atom stereocenters. The lowest BCUT2D eigenvalue weighted by Gasteiger charge is -2.37.